The highest BCUT2D eigenvalue weighted by atomic mass is 16.5. The van der Waals surface area contributed by atoms with E-state index in [1.54, 1.807) is 6.07 Å². The van der Waals surface area contributed by atoms with Gasteiger partial charge in [-0.05, 0) is 56.6 Å². The van der Waals surface area contributed by atoms with Crippen molar-refractivity contribution in [1.82, 2.24) is 15.1 Å². The Hall–Kier alpha value is -2.18. The molecule has 6 heteroatoms. The number of aliphatic hydroxyl groups excluding tert-OH is 1. The second-order valence-electron chi connectivity index (χ2n) is 6.28. The summed E-state index contributed by atoms with van der Waals surface area (Å²) in [4.78, 5) is 13.3. The summed E-state index contributed by atoms with van der Waals surface area (Å²) in [7, 11) is 0. The third kappa shape index (κ3) is 4.21. The molecule has 1 aromatic heterocycles. The lowest BCUT2D eigenvalue weighted by Gasteiger charge is -2.24. The number of aromatic nitrogens is 2. The fraction of sp³-hybridized carbons (Fsp3) is 0.444. The molecule has 2 atom stereocenters. The van der Waals surface area contributed by atoms with Crippen LogP contribution in [0.2, 0.25) is 0 Å². The van der Waals surface area contributed by atoms with Crippen LogP contribution in [0.25, 0.3) is 11.3 Å². The molecule has 1 aliphatic heterocycles. The van der Waals surface area contributed by atoms with E-state index in [1.165, 1.54) is 18.9 Å². The standard InChI is InChI=1S/C18H23N3O3/c1-13-3-2-10-21(13)11-15(22)12-24-16-6-4-14(5-7-16)17-8-9-18(23)20-19-17/h4-9,13,15,22H,2-3,10-12H2,1H3,(H,20,23). The molecule has 1 saturated heterocycles. The highest BCUT2D eigenvalue weighted by molar-refractivity contribution is 5.59. The van der Waals surface area contributed by atoms with Gasteiger partial charge in [0.25, 0.3) is 5.56 Å². The highest BCUT2D eigenvalue weighted by Crippen LogP contribution is 2.20. The molecular weight excluding hydrogens is 306 g/mol. The molecule has 0 amide bonds. The summed E-state index contributed by atoms with van der Waals surface area (Å²) in [6.07, 6.45) is 1.91. The van der Waals surface area contributed by atoms with E-state index in [0.717, 1.165) is 12.1 Å². The summed E-state index contributed by atoms with van der Waals surface area (Å²) < 4.78 is 5.67. The van der Waals surface area contributed by atoms with Crippen molar-refractivity contribution < 1.29 is 9.84 Å². The monoisotopic (exact) mass is 329 g/mol. The SMILES string of the molecule is CC1CCCN1CC(O)COc1ccc(-c2ccc(=O)[nH]n2)cc1. The molecule has 0 bridgehead atoms. The minimum absolute atomic E-state index is 0.222. The van der Waals surface area contributed by atoms with Crippen LogP contribution in [0.15, 0.2) is 41.2 Å². The van der Waals surface area contributed by atoms with Crippen molar-refractivity contribution in [3.63, 3.8) is 0 Å². The first-order valence-electron chi connectivity index (χ1n) is 8.33. The Kier molecular flexibility index (Phi) is 5.27. The van der Waals surface area contributed by atoms with Crippen LogP contribution < -0.4 is 10.3 Å². The Morgan fingerprint density at radius 2 is 2.12 bits per heavy atom. The lowest BCUT2D eigenvalue weighted by atomic mass is 10.1. The minimum atomic E-state index is -0.494. The number of β-amino-alcohol motifs (C(OH)–C–C–N with tert-alkyl or cyclic N) is 1. The fourth-order valence-electron chi connectivity index (χ4n) is 3.01. The maximum Gasteiger partial charge on any atom is 0.264 e. The molecule has 0 spiro atoms. The average Bonchev–Trinajstić information content (AvgIpc) is 2.99. The van der Waals surface area contributed by atoms with Crippen LogP contribution in [-0.2, 0) is 0 Å². The minimum Gasteiger partial charge on any atom is -0.491 e. The molecule has 2 N–H and O–H groups in total. The van der Waals surface area contributed by atoms with Crippen LogP contribution >= 0.6 is 0 Å². The molecule has 0 radical (unpaired) electrons. The number of aromatic amines is 1. The quantitative estimate of drug-likeness (QED) is 0.843. The number of nitrogens with zero attached hydrogens (tertiary/aromatic N) is 2. The molecule has 6 nitrogen and oxygen atoms in total. The average molecular weight is 329 g/mol. The first kappa shape index (κ1) is 16.7. The molecule has 3 rings (SSSR count). The molecule has 128 valence electrons. The van der Waals surface area contributed by atoms with E-state index in [0.29, 0.717) is 24.0 Å². The van der Waals surface area contributed by atoms with E-state index in [4.69, 9.17) is 4.74 Å². The van der Waals surface area contributed by atoms with Gasteiger partial charge in [0.05, 0.1) is 5.69 Å². The molecule has 2 heterocycles. The van der Waals surface area contributed by atoms with Gasteiger partial charge < -0.3 is 9.84 Å². The van der Waals surface area contributed by atoms with Gasteiger partial charge in [-0.2, -0.15) is 5.10 Å². The Bertz CT molecular complexity index is 694. The van der Waals surface area contributed by atoms with Gasteiger partial charge in [0.1, 0.15) is 18.5 Å². The summed E-state index contributed by atoms with van der Waals surface area (Å²) in [5.74, 6) is 0.705. The molecule has 1 aromatic carbocycles. The van der Waals surface area contributed by atoms with E-state index < -0.39 is 6.10 Å². The number of nitrogens with one attached hydrogen (secondary N) is 1. The van der Waals surface area contributed by atoms with Gasteiger partial charge in [-0.15, -0.1) is 0 Å². The maximum absolute atomic E-state index is 11.0. The second kappa shape index (κ2) is 7.59. The van der Waals surface area contributed by atoms with E-state index in [-0.39, 0.29) is 12.2 Å². The number of ether oxygens (including phenoxy) is 1. The molecule has 0 aliphatic carbocycles. The maximum atomic E-state index is 11.0. The number of benzene rings is 1. The van der Waals surface area contributed by atoms with Gasteiger partial charge in [-0.25, -0.2) is 5.10 Å². The van der Waals surface area contributed by atoms with Crippen LogP contribution in [0.3, 0.4) is 0 Å². The van der Waals surface area contributed by atoms with Gasteiger partial charge in [-0.3, -0.25) is 9.69 Å². The Morgan fingerprint density at radius 3 is 2.75 bits per heavy atom. The van der Waals surface area contributed by atoms with Crippen LogP contribution in [-0.4, -0.2) is 52.0 Å². The largest absolute Gasteiger partial charge is 0.491 e. The van der Waals surface area contributed by atoms with E-state index in [2.05, 4.69) is 22.0 Å². The number of hydrogen-bond donors (Lipinski definition) is 2. The third-order valence-corrected chi connectivity index (χ3v) is 4.41. The van der Waals surface area contributed by atoms with Crippen molar-refractivity contribution in [2.24, 2.45) is 0 Å². The van der Waals surface area contributed by atoms with Crippen molar-refractivity contribution >= 4 is 0 Å². The van der Waals surface area contributed by atoms with Crippen molar-refractivity contribution in [3.8, 4) is 17.0 Å². The van der Waals surface area contributed by atoms with Gasteiger partial charge >= 0.3 is 0 Å². The van der Waals surface area contributed by atoms with Crippen molar-refractivity contribution in [2.45, 2.75) is 31.9 Å². The van der Waals surface area contributed by atoms with Crippen LogP contribution in [0.1, 0.15) is 19.8 Å². The Balaban J connectivity index is 1.52. The normalized spacial score (nSPS) is 19.3. The van der Waals surface area contributed by atoms with Crippen LogP contribution in [0, 0.1) is 0 Å². The molecule has 0 saturated carbocycles. The van der Waals surface area contributed by atoms with Gasteiger partial charge in [0.15, 0.2) is 0 Å². The zero-order valence-corrected chi connectivity index (χ0v) is 13.8. The lowest BCUT2D eigenvalue weighted by Crippen LogP contribution is -2.37. The topological polar surface area (TPSA) is 78.5 Å². The van der Waals surface area contributed by atoms with Crippen LogP contribution in [0.4, 0.5) is 0 Å². The Labute approximate surface area is 141 Å². The molecule has 1 fully saturated rings. The Morgan fingerprint density at radius 1 is 1.33 bits per heavy atom. The van der Waals surface area contributed by atoms with E-state index in [1.807, 2.05) is 24.3 Å². The first-order valence-corrected chi connectivity index (χ1v) is 8.33. The molecule has 24 heavy (non-hydrogen) atoms. The number of likely N-dealkylation sites (tertiary alicyclic amines) is 1. The van der Waals surface area contributed by atoms with Crippen LogP contribution in [0.5, 0.6) is 5.75 Å². The number of aliphatic hydroxyl groups is 1. The smallest absolute Gasteiger partial charge is 0.264 e. The summed E-state index contributed by atoms with van der Waals surface area (Å²) in [5.41, 5.74) is 1.37. The van der Waals surface area contributed by atoms with Gasteiger partial charge in [0.2, 0.25) is 0 Å². The summed E-state index contributed by atoms with van der Waals surface area (Å²) in [6, 6.07) is 11.1. The summed E-state index contributed by atoms with van der Waals surface area (Å²) in [5, 5.41) is 16.5. The molecular formula is C18H23N3O3. The third-order valence-electron chi connectivity index (χ3n) is 4.41. The summed E-state index contributed by atoms with van der Waals surface area (Å²) >= 11 is 0. The molecule has 2 unspecified atom stereocenters. The highest BCUT2D eigenvalue weighted by Gasteiger charge is 2.22. The second-order valence-corrected chi connectivity index (χ2v) is 6.28. The molecule has 2 aromatic rings. The van der Waals surface area contributed by atoms with E-state index in [9.17, 15) is 9.90 Å². The molecule has 1 aliphatic rings. The van der Waals surface area contributed by atoms with E-state index >= 15 is 0 Å². The van der Waals surface area contributed by atoms with Crippen molar-refractivity contribution in [3.05, 3.63) is 46.8 Å². The zero-order chi connectivity index (χ0) is 16.9. The van der Waals surface area contributed by atoms with Crippen molar-refractivity contribution in [1.29, 1.82) is 0 Å². The summed E-state index contributed by atoms with van der Waals surface area (Å²) in [6.45, 7) is 4.18. The van der Waals surface area contributed by atoms with Gasteiger partial charge in [0, 0.05) is 24.2 Å². The van der Waals surface area contributed by atoms with Gasteiger partial charge in [-0.1, -0.05) is 0 Å². The zero-order valence-electron chi connectivity index (χ0n) is 13.8. The predicted molar refractivity (Wildman–Crippen MR) is 92.1 cm³/mol. The first-order chi connectivity index (χ1) is 11.6. The number of hydrogen-bond acceptors (Lipinski definition) is 5. The number of rotatable bonds is 6. The lowest BCUT2D eigenvalue weighted by molar-refractivity contribution is 0.0662. The van der Waals surface area contributed by atoms with Crippen molar-refractivity contribution in [2.75, 3.05) is 19.7 Å². The fourth-order valence-corrected chi connectivity index (χ4v) is 3.01. The predicted octanol–water partition coefficient (Wildman–Crippen LogP) is 1.66. The number of H-pyrrole nitrogens is 1.